The van der Waals surface area contributed by atoms with Gasteiger partial charge in [0.25, 0.3) is 5.91 Å². The zero-order chi connectivity index (χ0) is 27.4. The molecule has 4 aliphatic heterocycles. The summed E-state index contributed by atoms with van der Waals surface area (Å²) in [5.41, 5.74) is 0.754. The maximum absolute atomic E-state index is 14.6. The molecule has 2 aromatic carbocycles. The van der Waals surface area contributed by atoms with Crippen LogP contribution in [0.2, 0.25) is 0 Å². The van der Waals surface area contributed by atoms with Gasteiger partial charge in [0.1, 0.15) is 6.04 Å². The molecule has 2 aromatic rings. The monoisotopic (exact) mass is 546 g/mol. The summed E-state index contributed by atoms with van der Waals surface area (Å²) in [6.07, 6.45) is 10.1. The highest BCUT2D eigenvalue weighted by Crippen LogP contribution is 2.65. The molecule has 8 heteroatoms. The number of carbonyl (C=O) groups excluding carboxylic acids is 3. The van der Waals surface area contributed by atoms with Crippen LogP contribution in [0.25, 0.3) is 10.8 Å². The van der Waals surface area contributed by atoms with Gasteiger partial charge in [0.15, 0.2) is 0 Å². The highest BCUT2D eigenvalue weighted by molar-refractivity contribution is 8.02. The summed E-state index contributed by atoms with van der Waals surface area (Å²) in [5, 5.41) is 12.4. The standard InChI is InChI=1S/C31H34N2O5S/c1-3-22(19-34)33-26-28(36)32(23-13-12-20-10-5-6-11-21(20)18-23)16-9-15-31(26)24(27(33)35)25-29(37)38-17-8-4-7-14-30(25,2)39-31/h5-7,9-15,18,22,24-26,34H,3-4,8,16-17,19H2,1-2H3/b14-7-/t22-,24-,25+,26?,30-,31-/m0/s1. The molecule has 2 saturated heterocycles. The number of amides is 2. The lowest BCUT2D eigenvalue weighted by molar-refractivity contribution is -0.154. The van der Waals surface area contributed by atoms with Gasteiger partial charge in [-0.2, -0.15) is 0 Å². The number of aliphatic hydroxyl groups excluding tert-OH is 1. The van der Waals surface area contributed by atoms with E-state index in [0.717, 1.165) is 29.3 Å². The van der Waals surface area contributed by atoms with Crippen LogP contribution in [0.5, 0.6) is 0 Å². The van der Waals surface area contributed by atoms with Crippen molar-refractivity contribution in [2.75, 3.05) is 24.7 Å². The van der Waals surface area contributed by atoms with Gasteiger partial charge in [0.2, 0.25) is 5.91 Å². The number of fused-ring (bicyclic) bond motifs is 3. The second kappa shape index (κ2) is 9.82. The van der Waals surface area contributed by atoms with Crippen LogP contribution in [0.4, 0.5) is 5.69 Å². The lowest BCUT2D eigenvalue weighted by Crippen LogP contribution is -2.56. The zero-order valence-electron chi connectivity index (χ0n) is 22.3. The van der Waals surface area contributed by atoms with E-state index in [9.17, 15) is 19.5 Å². The van der Waals surface area contributed by atoms with Crippen LogP contribution < -0.4 is 4.90 Å². The van der Waals surface area contributed by atoms with Gasteiger partial charge in [-0.05, 0) is 49.1 Å². The zero-order valence-corrected chi connectivity index (χ0v) is 23.1. The summed E-state index contributed by atoms with van der Waals surface area (Å²) in [4.78, 5) is 45.9. The van der Waals surface area contributed by atoms with Crippen LogP contribution in [-0.2, 0) is 19.1 Å². The van der Waals surface area contributed by atoms with Crippen LogP contribution in [0.3, 0.4) is 0 Å². The SMILES string of the molecule is CC[C@@H](CO)N1C(=O)[C@@H]2[C@@H]3C(=O)OCCC/C=C\[C@]3(C)S[C@@]23C=CCN(c2ccc4ccccc4c2)C(=O)C13. The van der Waals surface area contributed by atoms with E-state index < -0.39 is 33.4 Å². The number of anilines is 1. The maximum atomic E-state index is 14.6. The molecule has 39 heavy (non-hydrogen) atoms. The number of cyclic esters (lactones) is 1. The van der Waals surface area contributed by atoms with Crippen molar-refractivity contribution in [2.24, 2.45) is 11.8 Å². The number of likely N-dealkylation sites (tertiary alicyclic amines) is 1. The molecule has 2 amide bonds. The number of rotatable bonds is 4. The number of esters is 1. The predicted octanol–water partition coefficient (Wildman–Crippen LogP) is 4.09. The molecule has 6 atom stereocenters. The van der Waals surface area contributed by atoms with E-state index >= 15 is 0 Å². The Labute approximate surface area is 232 Å². The van der Waals surface area contributed by atoms with Gasteiger partial charge in [0, 0.05) is 17.0 Å². The van der Waals surface area contributed by atoms with E-state index in [0.29, 0.717) is 19.6 Å². The van der Waals surface area contributed by atoms with E-state index in [4.69, 9.17) is 4.74 Å². The number of benzene rings is 2. The first-order valence-electron chi connectivity index (χ1n) is 13.8. The molecule has 1 N–H and O–H groups in total. The first-order chi connectivity index (χ1) is 18.8. The fourth-order valence-electron chi connectivity index (χ4n) is 6.96. The van der Waals surface area contributed by atoms with Crippen LogP contribution in [-0.4, -0.2) is 69.1 Å². The molecule has 6 rings (SSSR count). The largest absolute Gasteiger partial charge is 0.465 e. The number of nitrogens with zero attached hydrogens (tertiary/aromatic N) is 2. The first-order valence-corrected chi connectivity index (χ1v) is 14.6. The van der Waals surface area contributed by atoms with Gasteiger partial charge in [-0.1, -0.05) is 61.6 Å². The Morgan fingerprint density at radius 3 is 2.62 bits per heavy atom. The van der Waals surface area contributed by atoms with Gasteiger partial charge in [0.05, 0.1) is 35.8 Å². The van der Waals surface area contributed by atoms with Crippen molar-refractivity contribution in [1.29, 1.82) is 0 Å². The molecule has 4 heterocycles. The molecule has 2 fully saturated rings. The summed E-state index contributed by atoms with van der Waals surface area (Å²) >= 11 is 1.53. The smallest absolute Gasteiger partial charge is 0.311 e. The van der Waals surface area contributed by atoms with Crippen molar-refractivity contribution in [3.63, 3.8) is 0 Å². The van der Waals surface area contributed by atoms with Gasteiger partial charge in [-0.15, -0.1) is 11.8 Å². The third-order valence-corrected chi connectivity index (χ3v) is 10.6. The molecular formula is C31H34N2O5S. The fourth-order valence-corrected chi connectivity index (χ4v) is 9.10. The third-order valence-electron chi connectivity index (χ3n) is 8.81. The Balaban J connectivity index is 1.50. The number of thioether (sulfide) groups is 1. The minimum atomic E-state index is -0.968. The number of allylic oxidation sites excluding steroid dienone is 1. The second-order valence-corrected chi connectivity index (χ2v) is 12.9. The van der Waals surface area contributed by atoms with E-state index in [1.165, 1.54) is 11.8 Å². The third kappa shape index (κ3) is 3.94. The quantitative estimate of drug-likeness (QED) is 0.459. The molecule has 0 aliphatic carbocycles. The van der Waals surface area contributed by atoms with Crippen LogP contribution in [0.1, 0.15) is 33.1 Å². The summed E-state index contributed by atoms with van der Waals surface area (Å²) < 4.78 is 4.00. The topological polar surface area (TPSA) is 87.2 Å². The Hall–Kier alpha value is -3.10. The fraction of sp³-hybridized carbons (Fsp3) is 0.452. The summed E-state index contributed by atoms with van der Waals surface area (Å²) in [5.74, 6) is -2.35. The first kappa shape index (κ1) is 26.1. The Bertz CT molecular complexity index is 1390. The van der Waals surface area contributed by atoms with E-state index in [-0.39, 0.29) is 24.4 Å². The molecule has 0 saturated carbocycles. The molecule has 204 valence electrons. The van der Waals surface area contributed by atoms with Crippen molar-refractivity contribution in [1.82, 2.24) is 4.90 Å². The van der Waals surface area contributed by atoms with Crippen molar-refractivity contribution in [2.45, 2.75) is 54.7 Å². The lowest BCUT2D eigenvalue weighted by Gasteiger charge is -2.39. The van der Waals surface area contributed by atoms with Gasteiger partial charge in [-0.3, -0.25) is 14.4 Å². The van der Waals surface area contributed by atoms with E-state index in [2.05, 4.69) is 6.08 Å². The number of hydrogen-bond acceptors (Lipinski definition) is 6. The van der Waals surface area contributed by atoms with Crippen molar-refractivity contribution >= 4 is 46.0 Å². The number of carbonyl (C=O) groups is 3. The van der Waals surface area contributed by atoms with Crippen LogP contribution >= 0.6 is 11.8 Å². The number of aliphatic hydroxyl groups is 1. The molecule has 1 spiro atoms. The minimum Gasteiger partial charge on any atom is -0.465 e. The highest BCUT2D eigenvalue weighted by Gasteiger charge is 2.74. The normalized spacial score (nSPS) is 33.9. The van der Waals surface area contributed by atoms with Crippen LogP contribution in [0, 0.1) is 11.8 Å². The highest BCUT2D eigenvalue weighted by atomic mass is 32.2. The van der Waals surface area contributed by atoms with E-state index in [1.54, 1.807) is 9.80 Å². The minimum absolute atomic E-state index is 0.196. The van der Waals surface area contributed by atoms with E-state index in [1.807, 2.05) is 74.5 Å². The van der Waals surface area contributed by atoms with Crippen molar-refractivity contribution < 1.29 is 24.2 Å². The Kier molecular flexibility index (Phi) is 6.58. The lowest BCUT2D eigenvalue weighted by atomic mass is 9.74. The molecular weight excluding hydrogens is 512 g/mol. The summed E-state index contributed by atoms with van der Waals surface area (Å²) in [7, 11) is 0. The van der Waals surface area contributed by atoms with Crippen molar-refractivity contribution in [3.05, 3.63) is 66.8 Å². The Morgan fingerprint density at radius 1 is 1.05 bits per heavy atom. The van der Waals surface area contributed by atoms with Gasteiger partial charge < -0.3 is 19.6 Å². The van der Waals surface area contributed by atoms with Crippen molar-refractivity contribution in [3.8, 4) is 0 Å². The van der Waals surface area contributed by atoms with Gasteiger partial charge in [-0.25, -0.2) is 0 Å². The number of ether oxygens (including phenoxy) is 1. The summed E-state index contributed by atoms with van der Waals surface area (Å²) in [6.45, 7) is 4.29. The molecule has 0 aromatic heterocycles. The second-order valence-electron chi connectivity index (χ2n) is 11.1. The Morgan fingerprint density at radius 2 is 1.85 bits per heavy atom. The number of hydrogen-bond donors (Lipinski definition) is 1. The molecule has 7 nitrogen and oxygen atoms in total. The molecule has 0 bridgehead atoms. The summed E-state index contributed by atoms with van der Waals surface area (Å²) in [6, 6.07) is 12.5. The molecule has 4 aliphatic rings. The molecule has 1 unspecified atom stereocenters. The van der Waals surface area contributed by atoms with Gasteiger partial charge >= 0.3 is 5.97 Å². The molecule has 0 radical (unpaired) electrons. The average molecular weight is 547 g/mol. The maximum Gasteiger partial charge on any atom is 0.311 e. The average Bonchev–Trinajstić information content (AvgIpc) is 3.29. The van der Waals surface area contributed by atoms with Crippen LogP contribution in [0.15, 0.2) is 66.8 Å². The predicted molar refractivity (Wildman–Crippen MR) is 152 cm³/mol.